The lowest BCUT2D eigenvalue weighted by Crippen LogP contribution is -2.20. The molecule has 0 aliphatic carbocycles. The summed E-state index contributed by atoms with van der Waals surface area (Å²) in [5, 5.41) is 6.27. The molecule has 1 aliphatic rings. The average molecular weight is 308 g/mol. The standard InChI is InChI=1S/C14H14F2N4O2/c15-14(16)22-10-3-1-9(2-4-10)7-18-13-11-12(19-8-20-13)17-5-6-21-11/h1-4,8,14H,5-7H2,(H2,17,18,19,20). The molecule has 2 heterocycles. The molecule has 0 radical (unpaired) electrons. The molecule has 1 aliphatic heterocycles. The molecule has 0 unspecified atom stereocenters. The summed E-state index contributed by atoms with van der Waals surface area (Å²) in [6, 6.07) is 6.41. The first-order valence-electron chi connectivity index (χ1n) is 6.71. The lowest BCUT2D eigenvalue weighted by atomic mass is 10.2. The Morgan fingerprint density at radius 1 is 1.27 bits per heavy atom. The number of fused-ring (bicyclic) bond motifs is 1. The first-order chi connectivity index (χ1) is 10.7. The van der Waals surface area contributed by atoms with Crippen LogP contribution in [0.5, 0.6) is 11.5 Å². The number of nitrogens with one attached hydrogen (secondary N) is 2. The van der Waals surface area contributed by atoms with Crippen molar-refractivity contribution >= 4 is 11.6 Å². The van der Waals surface area contributed by atoms with E-state index in [-0.39, 0.29) is 5.75 Å². The summed E-state index contributed by atoms with van der Waals surface area (Å²) in [6.45, 7) is -1.09. The smallest absolute Gasteiger partial charge is 0.387 e. The van der Waals surface area contributed by atoms with E-state index in [4.69, 9.17) is 4.74 Å². The minimum Gasteiger partial charge on any atom is -0.485 e. The van der Waals surface area contributed by atoms with E-state index in [2.05, 4.69) is 25.3 Å². The summed E-state index contributed by atoms with van der Waals surface area (Å²) >= 11 is 0. The van der Waals surface area contributed by atoms with Crippen molar-refractivity contribution in [2.24, 2.45) is 0 Å². The number of alkyl halides is 2. The second-order valence-corrected chi connectivity index (χ2v) is 4.55. The molecule has 0 bridgehead atoms. The topological polar surface area (TPSA) is 68.3 Å². The monoisotopic (exact) mass is 308 g/mol. The second-order valence-electron chi connectivity index (χ2n) is 4.55. The number of halogens is 2. The minimum absolute atomic E-state index is 0.130. The Labute approximate surface area is 125 Å². The van der Waals surface area contributed by atoms with E-state index in [0.29, 0.717) is 37.1 Å². The molecule has 2 aromatic rings. The number of benzene rings is 1. The number of hydrogen-bond donors (Lipinski definition) is 2. The molecule has 6 nitrogen and oxygen atoms in total. The van der Waals surface area contributed by atoms with Gasteiger partial charge in [0.05, 0.1) is 6.54 Å². The number of ether oxygens (including phenoxy) is 2. The molecule has 0 amide bonds. The third-order valence-corrected chi connectivity index (χ3v) is 3.05. The zero-order chi connectivity index (χ0) is 15.4. The largest absolute Gasteiger partial charge is 0.485 e. The number of nitrogens with zero attached hydrogens (tertiary/aromatic N) is 2. The quantitative estimate of drug-likeness (QED) is 0.884. The molecule has 2 N–H and O–H groups in total. The Kier molecular flexibility index (Phi) is 4.17. The Balaban J connectivity index is 1.65. The summed E-state index contributed by atoms with van der Waals surface area (Å²) in [6.07, 6.45) is 1.45. The Morgan fingerprint density at radius 3 is 2.86 bits per heavy atom. The van der Waals surface area contributed by atoms with Crippen LogP contribution in [0.4, 0.5) is 20.4 Å². The molecule has 22 heavy (non-hydrogen) atoms. The minimum atomic E-state index is -2.82. The zero-order valence-corrected chi connectivity index (χ0v) is 11.6. The summed E-state index contributed by atoms with van der Waals surface area (Å²) in [5.74, 6) is 1.96. The van der Waals surface area contributed by atoms with Crippen LogP contribution < -0.4 is 20.1 Å². The Bertz CT molecular complexity index is 637. The van der Waals surface area contributed by atoms with E-state index in [1.165, 1.54) is 18.5 Å². The van der Waals surface area contributed by atoms with Crippen LogP contribution in [0.25, 0.3) is 0 Å². The van der Waals surface area contributed by atoms with Gasteiger partial charge in [0, 0.05) is 6.54 Å². The van der Waals surface area contributed by atoms with Crippen molar-refractivity contribution in [2.75, 3.05) is 23.8 Å². The van der Waals surface area contributed by atoms with E-state index in [1.54, 1.807) is 12.1 Å². The van der Waals surface area contributed by atoms with E-state index in [9.17, 15) is 8.78 Å². The lowest BCUT2D eigenvalue weighted by molar-refractivity contribution is -0.0498. The van der Waals surface area contributed by atoms with Gasteiger partial charge in [-0.3, -0.25) is 0 Å². The maximum atomic E-state index is 12.1. The third-order valence-electron chi connectivity index (χ3n) is 3.05. The maximum absolute atomic E-state index is 12.1. The van der Waals surface area contributed by atoms with Crippen molar-refractivity contribution in [3.63, 3.8) is 0 Å². The van der Waals surface area contributed by atoms with Gasteiger partial charge in [-0.25, -0.2) is 9.97 Å². The fraction of sp³-hybridized carbons (Fsp3) is 0.286. The molecule has 0 saturated heterocycles. The summed E-state index contributed by atoms with van der Waals surface area (Å²) in [7, 11) is 0. The Morgan fingerprint density at radius 2 is 2.09 bits per heavy atom. The van der Waals surface area contributed by atoms with E-state index in [1.807, 2.05) is 0 Å². The van der Waals surface area contributed by atoms with Gasteiger partial charge >= 0.3 is 6.61 Å². The molecule has 0 atom stereocenters. The molecule has 1 aromatic carbocycles. The van der Waals surface area contributed by atoms with Gasteiger partial charge < -0.3 is 20.1 Å². The highest BCUT2D eigenvalue weighted by atomic mass is 19.3. The van der Waals surface area contributed by atoms with Gasteiger partial charge in [-0.15, -0.1) is 0 Å². The number of rotatable bonds is 5. The van der Waals surface area contributed by atoms with Crippen LogP contribution in [-0.4, -0.2) is 29.7 Å². The van der Waals surface area contributed by atoms with Crippen LogP contribution in [0.3, 0.4) is 0 Å². The highest BCUT2D eigenvalue weighted by molar-refractivity contribution is 5.64. The number of anilines is 2. The van der Waals surface area contributed by atoms with Crippen LogP contribution in [-0.2, 0) is 6.54 Å². The fourth-order valence-corrected chi connectivity index (χ4v) is 2.06. The Hall–Kier alpha value is -2.64. The molecule has 0 fully saturated rings. The molecule has 3 rings (SSSR count). The molecular weight excluding hydrogens is 294 g/mol. The van der Waals surface area contributed by atoms with E-state index >= 15 is 0 Å². The number of aromatic nitrogens is 2. The van der Waals surface area contributed by atoms with Crippen LogP contribution in [0, 0.1) is 0 Å². The van der Waals surface area contributed by atoms with Crippen LogP contribution >= 0.6 is 0 Å². The first-order valence-corrected chi connectivity index (χ1v) is 6.71. The zero-order valence-electron chi connectivity index (χ0n) is 11.6. The van der Waals surface area contributed by atoms with Crippen LogP contribution in [0.15, 0.2) is 30.6 Å². The van der Waals surface area contributed by atoms with Crippen molar-refractivity contribution in [2.45, 2.75) is 13.2 Å². The van der Waals surface area contributed by atoms with Crippen LogP contribution in [0.2, 0.25) is 0 Å². The molecule has 0 saturated carbocycles. The highest BCUT2D eigenvalue weighted by Gasteiger charge is 2.16. The molecule has 8 heteroatoms. The molecule has 1 aromatic heterocycles. The van der Waals surface area contributed by atoms with Gasteiger partial charge in [-0.05, 0) is 17.7 Å². The van der Waals surface area contributed by atoms with Gasteiger partial charge in [-0.2, -0.15) is 8.78 Å². The van der Waals surface area contributed by atoms with Crippen molar-refractivity contribution in [1.29, 1.82) is 0 Å². The second kappa shape index (κ2) is 6.42. The predicted molar refractivity (Wildman–Crippen MR) is 76.4 cm³/mol. The van der Waals surface area contributed by atoms with Gasteiger partial charge in [0.25, 0.3) is 0 Å². The normalized spacial score (nSPS) is 13.0. The summed E-state index contributed by atoms with van der Waals surface area (Å²) < 4.78 is 34.0. The van der Waals surface area contributed by atoms with Crippen molar-refractivity contribution < 1.29 is 18.3 Å². The fourth-order valence-electron chi connectivity index (χ4n) is 2.06. The van der Waals surface area contributed by atoms with Gasteiger partial charge in [0.1, 0.15) is 18.7 Å². The SMILES string of the molecule is FC(F)Oc1ccc(CNc2ncnc3c2OCCN3)cc1. The van der Waals surface area contributed by atoms with E-state index < -0.39 is 6.61 Å². The van der Waals surface area contributed by atoms with E-state index in [0.717, 1.165) is 5.56 Å². The predicted octanol–water partition coefficient (Wildman–Crippen LogP) is 2.49. The van der Waals surface area contributed by atoms with Crippen molar-refractivity contribution in [1.82, 2.24) is 9.97 Å². The number of hydrogen-bond acceptors (Lipinski definition) is 6. The maximum Gasteiger partial charge on any atom is 0.387 e. The molecule has 116 valence electrons. The average Bonchev–Trinajstić information content (AvgIpc) is 2.54. The molecular formula is C14H14F2N4O2. The van der Waals surface area contributed by atoms with Crippen molar-refractivity contribution in [3.8, 4) is 11.5 Å². The van der Waals surface area contributed by atoms with Crippen molar-refractivity contribution in [3.05, 3.63) is 36.2 Å². The summed E-state index contributed by atoms with van der Waals surface area (Å²) in [5.41, 5.74) is 0.901. The summed E-state index contributed by atoms with van der Waals surface area (Å²) in [4.78, 5) is 8.25. The van der Waals surface area contributed by atoms with Crippen LogP contribution in [0.1, 0.15) is 5.56 Å². The highest BCUT2D eigenvalue weighted by Crippen LogP contribution is 2.31. The van der Waals surface area contributed by atoms with Gasteiger partial charge in [-0.1, -0.05) is 12.1 Å². The molecule has 0 spiro atoms. The lowest BCUT2D eigenvalue weighted by Gasteiger charge is -2.20. The third kappa shape index (κ3) is 3.33. The first kappa shape index (κ1) is 14.3. The van der Waals surface area contributed by atoms with Gasteiger partial charge in [0.2, 0.25) is 5.75 Å². The van der Waals surface area contributed by atoms with Gasteiger partial charge in [0.15, 0.2) is 11.6 Å².